The number of hydrogen-bond acceptors (Lipinski definition) is 6. The van der Waals surface area contributed by atoms with Crippen molar-refractivity contribution in [3.05, 3.63) is 110 Å². The summed E-state index contributed by atoms with van der Waals surface area (Å²) in [6.45, 7) is 4.37. The van der Waals surface area contributed by atoms with E-state index in [2.05, 4.69) is 11.1 Å². The van der Waals surface area contributed by atoms with E-state index in [1.807, 2.05) is 68.4 Å². The summed E-state index contributed by atoms with van der Waals surface area (Å²) in [4.78, 5) is 44.7. The summed E-state index contributed by atoms with van der Waals surface area (Å²) in [5.41, 5.74) is 4.60. The maximum absolute atomic E-state index is 13.9. The maximum atomic E-state index is 13.9. The Kier molecular flexibility index (Phi) is 6.01. The summed E-state index contributed by atoms with van der Waals surface area (Å²) < 4.78 is 6.29. The molecule has 6 nitrogen and oxygen atoms in total. The first kappa shape index (κ1) is 23.8. The highest BCUT2D eigenvalue weighted by molar-refractivity contribution is 8.00. The fourth-order valence-electron chi connectivity index (χ4n) is 5.13. The van der Waals surface area contributed by atoms with Crippen molar-refractivity contribution in [2.24, 2.45) is 5.92 Å². The van der Waals surface area contributed by atoms with E-state index in [9.17, 15) is 14.4 Å². The Labute approximate surface area is 222 Å². The molecule has 2 aliphatic rings. The van der Waals surface area contributed by atoms with Gasteiger partial charge in [-0.3, -0.25) is 14.4 Å². The van der Waals surface area contributed by atoms with Gasteiger partial charge in [-0.2, -0.15) is 0 Å². The minimum atomic E-state index is -0.651. The Morgan fingerprint density at radius 1 is 0.892 bits per heavy atom. The van der Waals surface area contributed by atoms with Crippen LogP contribution < -0.4 is 14.5 Å². The third-order valence-electron chi connectivity index (χ3n) is 6.85. The molecule has 0 unspecified atom stereocenters. The average Bonchev–Trinajstić information content (AvgIpc) is 3.38. The summed E-state index contributed by atoms with van der Waals surface area (Å²) in [5.74, 6) is -1.01. The van der Waals surface area contributed by atoms with Gasteiger partial charge in [0.1, 0.15) is 17.6 Å². The molecule has 1 N–H and O–H groups in total. The molecule has 3 heterocycles. The number of aromatic amines is 1. The number of aryl methyl sites for hydroxylation is 2. The van der Waals surface area contributed by atoms with E-state index in [1.165, 1.54) is 16.7 Å². The number of aromatic nitrogens is 1. The third kappa shape index (κ3) is 4.20. The lowest BCUT2D eigenvalue weighted by atomic mass is 9.82. The molecule has 2 aliphatic heterocycles. The second kappa shape index (κ2) is 9.36. The van der Waals surface area contributed by atoms with E-state index in [4.69, 9.17) is 4.74 Å². The van der Waals surface area contributed by atoms with Gasteiger partial charge in [-0.1, -0.05) is 88.8 Å². The molecule has 37 heavy (non-hydrogen) atoms. The molecule has 3 aromatic carbocycles. The van der Waals surface area contributed by atoms with E-state index in [0.717, 1.165) is 38.5 Å². The van der Waals surface area contributed by atoms with Gasteiger partial charge in [0.2, 0.25) is 11.8 Å². The van der Waals surface area contributed by atoms with Gasteiger partial charge in [0, 0.05) is 16.4 Å². The summed E-state index contributed by atoms with van der Waals surface area (Å²) >= 11 is 2.38. The molecule has 3 atom stereocenters. The highest BCUT2D eigenvalue weighted by Crippen LogP contribution is 2.54. The van der Waals surface area contributed by atoms with Crippen molar-refractivity contribution in [3.8, 4) is 5.75 Å². The van der Waals surface area contributed by atoms with E-state index in [-0.39, 0.29) is 16.7 Å². The van der Waals surface area contributed by atoms with Crippen molar-refractivity contribution in [1.82, 2.24) is 4.98 Å². The normalized spacial score (nSPS) is 20.6. The van der Waals surface area contributed by atoms with Crippen molar-refractivity contribution in [3.63, 3.8) is 0 Å². The fraction of sp³-hybridized carbons (Fsp3) is 0.207. The van der Waals surface area contributed by atoms with E-state index >= 15 is 0 Å². The summed E-state index contributed by atoms with van der Waals surface area (Å²) in [6, 6.07) is 23.1. The predicted molar refractivity (Wildman–Crippen MR) is 146 cm³/mol. The number of carbonyl (C=O) groups excluding carboxylic acids is 2. The van der Waals surface area contributed by atoms with Crippen LogP contribution in [-0.4, -0.2) is 22.0 Å². The molecule has 8 heteroatoms. The molecule has 1 fully saturated rings. The molecule has 1 aromatic heterocycles. The lowest BCUT2D eigenvalue weighted by Crippen LogP contribution is -2.32. The molecule has 0 aliphatic carbocycles. The van der Waals surface area contributed by atoms with Gasteiger partial charge < -0.3 is 9.72 Å². The van der Waals surface area contributed by atoms with Crippen LogP contribution in [0.15, 0.2) is 82.6 Å². The van der Waals surface area contributed by atoms with Crippen molar-refractivity contribution in [1.29, 1.82) is 0 Å². The molecule has 0 bridgehead atoms. The van der Waals surface area contributed by atoms with Gasteiger partial charge in [-0.15, -0.1) is 0 Å². The first-order valence-electron chi connectivity index (χ1n) is 12.0. The van der Waals surface area contributed by atoms with Gasteiger partial charge in [0.05, 0.1) is 16.6 Å². The maximum Gasteiger partial charge on any atom is 0.305 e. The van der Waals surface area contributed by atoms with Crippen molar-refractivity contribution >= 4 is 40.6 Å². The van der Waals surface area contributed by atoms with Crippen LogP contribution in [0, 0.1) is 19.8 Å². The van der Waals surface area contributed by atoms with E-state index in [0.29, 0.717) is 23.1 Å². The number of amides is 2. The second-order valence-electron chi connectivity index (χ2n) is 9.41. The van der Waals surface area contributed by atoms with Crippen molar-refractivity contribution in [2.45, 2.75) is 36.6 Å². The molecule has 4 aromatic rings. The molecular formula is C29H24N2O4S2. The van der Waals surface area contributed by atoms with Crippen LogP contribution >= 0.6 is 23.1 Å². The molecule has 0 spiro atoms. The van der Waals surface area contributed by atoms with Crippen LogP contribution in [0.1, 0.15) is 33.0 Å². The van der Waals surface area contributed by atoms with E-state index < -0.39 is 17.1 Å². The number of thioether (sulfide) groups is 1. The van der Waals surface area contributed by atoms with Gasteiger partial charge in [-0.25, -0.2) is 4.90 Å². The Balaban J connectivity index is 1.42. The summed E-state index contributed by atoms with van der Waals surface area (Å²) in [7, 11) is 0. The molecule has 0 radical (unpaired) electrons. The van der Waals surface area contributed by atoms with Gasteiger partial charge >= 0.3 is 4.87 Å². The summed E-state index contributed by atoms with van der Waals surface area (Å²) in [6.07, 6.45) is 0. The average molecular weight is 529 g/mol. The number of H-pyrrole nitrogens is 1. The van der Waals surface area contributed by atoms with Crippen LogP contribution in [0.25, 0.3) is 0 Å². The van der Waals surface area contributed by atoms with E-state index in [1.54, 1.807) is 12.1 Å². The second-order valence-corrected chi connectivity index (χ2v) is 11.6. The highest BCUT2D eigenvalue weighted by atomic mass is 32.2. The SMILES string of the molecule is Cc1ccc(N2C(=O)[C@H]3[C@H](c4ccccc4OCc4cccc(C)c4)c4sc(=O)[nH]c4S[C@H]3C2=O)cc1. The first-order chi connectivity index (χ1) is 17.9. The largest absolute Gasteiger partial charge is 0.489 e. The number of benzene rings is 3. The van der Waals surface area contributed by atoms with Crippen LogP contribution in [0.4, 0.5) is 5.69 Å². The van der Waals surface area contributed by atoms with Gasteiger partial charge in [0.25, 0.3) is 0 Å². The number of anilines is 1. The third-order valence-corrected chi connectivity index (χ3v) is 9.25. The zero-order valence-electron chi connectivity index (χ0n) is 20.3. The molecule has 2 amide bonds. The minimum absolute atomic E-state index is 0.198. The molecule has 186 valence electrons. The van der Waals surface area contributed by atoms with Crippen LogP contribution in [0.5, 0.6) is 5.75 Å². The number of rotatable bonds is 5. The lowest BCUT2D eigenvalue weighted by Gasteiger charge is -2.30. The molecule has 0 saturated carbocycles. The minimum Gasteiger partial charge on any atom is -0.489 e. The summed E-state index contributed by atoms with van der Waals surface area (Å²) in [5, 5.41) is 0.0167. The molecule has 1 saturated heterocycles. The number of hydrogen-bond donors (Lipinski definition) is 1. The Morgan fingerprint density at radius 3 is 2.46 bits per heavy atom. The number of para-hydroxylation sites is 1. The number of imide groups is 1. The number of nitrogens with zero attached hydrogens (tertiary/aromatic N) is 1. The number of nitrogens with one attached hydrogen (secondary N) is 1. The highest BCUT2D eigenvalue weighted by Gasteiger charge is 2.56. The number of carbonyl (C=O) groups is 2. The zero-order chi connectivity index (χ0) is 25.7. The van der Waals surface area contributed by atoms with Crippen molar-refractivity contribution < 1.29 is 14.3 Å². The topological polar surface area (TPSA) is 79.5 Å². The molecule has 6 rings (SSSR count). The van der Waals surface area contributed by atoms with Crippen molar-refractivity contribution in [2.75, 3.05) is 4.90 Å². The van der Waals surface area contributed by atoms with Crippen LogP contribution in [0.2, 0.25) is 0 Å². The Bertz CT molecular complexity index is 1570. The first-order valence-corrected chi connectivity index (χ1v) is 13.7. The fourth-order valence-corrected chi connectivity index (χ4v) is 7.64. The number of ether oxygens (including phenoxy) is 1. The monoisotopic (exact) mass is 528 g/mol. The molecular weight excluding hydrogens is 504 g/mol. The zero-order valence-corrected chi connectivity index (χ0v) is 21.9. The standard InChI is InChI=1S/C29H24N2O4S2/c1-16-10-12-19(13-11-16)31-27(32)23-22(24-26(30-29(34)37-24)36-25(23)28(31)33)20-8-3-4-9-21(20)35-15-18-7-5-6-17(2)14-18/h3-14,22-23,25H,15H2,1-2H3,(H,30,34)/t22-,23-,25+/m0/s1. The quantitative estimate of drug-likeness (QED) is 0.350. The van der Waals surface area contributed by atoms with Crippen LogP contribution in [0.3, 0.4) is 0 Å². The van der Waals surface area contributed by atoms with Gasteiger partial charge in [0.15, 0.2) is 0 Å². The Hall–Kier alpha value is -3.62. The predicted octanol–water partition coefficient (Wildman–Crippen LogP) is 5.43. The number of thiazole rings is 1. The Morgan fingerprint density at radius 2 is 1.68 bits per heavy atom. The number of fused-ring (bicyclic) bond motifs is 2. The smallest absolute Gasteiger partial charge is 0.305 e. The van der Waals surface area contributed by atoms with Crippen LogP contribution in [-0.2, 0) is 16.2 Å². The van der Waals surface area contributed by atoms with Gasteiger partial charge in [-0.05, 0) is 37.6 Å². The lowest BCUT2D eigenvalue weighted by molar-refractivity contribution is -0.122.